The summed E-state index contributed by atoms with van der Waals surface area (Å²) in [6.45, 7) is 3.75. The Hall–Kier alpha value is -0.630. The van der Waals surface area contributed by atoms with E-state index < -0.39 is 0 Å². The van der Waals surface area contributed by atoms with Crippen molar-refractivity contribution in [1.82, 2.24) is 0 Å². The summed E-state index contributed by atoms with van der Waals surface area (Å²) >= 11 is 0. The molecule has 0 aromatic rings. The number of hydrogen-bond acceptors (Lipinski definition) is 2. The smallest absolute Gasteiger partial charge is 0.152 e. The van der Waals surface area contributed by atoms with Crippen molar-refractivity contribution in [2.45, 2.75) is 77.7 Å². The summed E-state index contributed by atoms with van der Waals surface area (Å²) in [6.07, 6.45) is 13.4. The summed E-state index contributed by atoms with van der Waals surface area (Å²) in [5.41, 5.74) is 0. The molecule has 0 rings (SSSR count). The maximum absolute atomic E-state index is 10.6. The summed E-state index contributed by atoms with van der Waals surface area (Å²) < 4.78 is 0. The average Bonchev–Trinajstić information content (AvgIpc) is 2.27. The second-order valence-corrected chi connectivity index (χ2v) is 4.81. The van der Waals surface area contributed by atoms with E-state index in [0.29, 0.717) is 6.42 Å². The number of aliphatic hydroxyl groups is 1. The number of ketones is 1. The molecular weight excluding hydrogens is 212 g/mol. The molecule has 0 amide bonds. The molecule has 0 spiro atoms. The van der Waals surface area contributed by atoms with Crippen LogP contribution in [0.25, 0.3) is 0 Å². The Balaban J connectivity index is 3.27. The first-order valence-electron chi connectivity index (χ1n) is 7.02. The number of unbranched alkanes of at least 4 members (excludes halogenated alkanes) is 6. The van der Waals surface area contributed by atoms with Crippen LogP contribution < -0.4 is 0 Å². The Morgan fingerprint density at radius 2 is 1.71 bits per heavy atom. The predicted molar refractivity (Wildman–Crippen MR) is 73.1 cm³/mol. The SMILES string of the molecule is CCCCCCCCCC(O)CC=CC(C)=O. The fourth-order valence-electron chi connectivity index (χ4n) is 1.85. The van der Waals surface area contributed by atoms with E-state index in [-0.39, 0.29) is 11.9 Å². The fraction of sp³-hybridized carbons (Fsp3) is 0.800. The molecule has 0 aromatic heterocycles. The Kier molecular flexibility index (Phi) is 11.4. The zero-order chi connectivity index (χ0) is 12.9. The molecule has 2 heteroatoms. The lowest BCUT2D eigenvalue weighted by Gasteiger charge is -2.07. The quantitative estimate of drug-likeness (QED) is 0.437. The van der Waals surface area contributed by atoms with Gasteiger partial charge in [-0.25, -0.2) is 0 Å². The molecule has 0 saturated heterocycles. The number of aliphatic hydroxyl groups excluding tert-OH is 1. The van der Waals surface area contributed by atoms with E-state index in [1.165, 1.54) is 51.5 Å². The van der Waals surface area contributed by atoms with Crippen LogP contribution in [0.3, 0.4) is 0 Å². The Bertz CT molecular complexity index is 209. The summed E-state index contributed by atoms with van der Waals surface area (Å²) in [4.78, 5) is 10.6. The molecule has 0 aromatic carbocycles. The molecule has 0 aliphatic carbocycles. The zero-order valence-electron chi connectivity index (χ0n) is 11.5. The summed E-state index contributed by atoms with van der Waals surface area (Å²) in [5, 5.41) is 9.64. The van der Waals surface area contributed by atoms with E-state index >= 15 is 0 Å². The normalized spacial score (nSPS) is 13.1. The van der Waals surface area contributed by atoms with Gasteiger partial charge < -0.3 is 5.11 Å². The van der Waals surface area contributed by atoms with Crippen LogP contribution in [-0.2, 0) is 4.79 Å². The van der Waals surface area contributed by atoms with Crippen molar-refractivity contribution in [3.05, 3.63) is 12.2 Å². The van der Waals surface area contributed by atoms with Crippen LogP contribution in [0, 0.1) is 0 Å². The first kappa shape index (κ1) is 16.4. The third-order valence-corrected chi connectivity index (χ3v) is 2.90. The minimum atomic E-state index is -0.277. The maximum Gasteiger partial charge on any atom is 0.152 e. The average molecular weight is 240 g/mol. The predicted octanol–water partition coefficient (Wildman–Crippen LogP) is 4.02. The van der Waals surface area contributed by atoms with Gasteiger partial charge >= 0.3 is 0 Å². The Morgan fingerprint density at radius 1 is 1.12 bits per heavy atom. The molecule has 2 nitrogen and oxygen atoms in total. The molecule has 0 fully saturated rings. The van der Waals surface area contributed by atoms with Crippen molar-refractivity contribution in [3.8, 4) is 0 Å². The van der Waals surface area contributed by atoms with Crippen molar-refractivity contribution in [3.63, 3.8) is 0 Å². The van der Waals surface area contributed by atoms with Gasteiger partial charge in [0, 0.05) is 0 Å². The van der Waals surface area contributed by atoms with Gasteiger partial charge in [0.1, 0.15) is 0 Å². The van der Waals surface area contributed by atoms with Crippen molar-refractivity contribution in [1.29, 1.82) is 0 Å². The van der Waals surface area contributed by atoms with E-state index in [4.69, 9.17) is 0 Å². The second-order valence-electron chi connectivity index (χ2n) is 4.81. The number of allylic oxidation sites excluding steroid dienone is 1. The van der Waals surface area contributed by atoms with Crippen molar-refractivity contribution < 1.29 is 9.90 Å². The highest BCUT2D eigenvalue weighted by molar-refractivity contribution is 5.87. The molecule has 17 heavy (non-hydrogen) atoms. The lowest BCUT2D eigenvalue weighted by molar-refractivity contribution is -0.112. The summed E-state index contributed by atoms with van der Waals surface area (Å²) in [5.74, 6) is 0.0492. The molecule has 1 atom stereocenters. The van der Waals surface area contributed by atoms with Crippen molar-refractivity contribution >= 4 is 5.78 Å². The van der Waals surface area contributed by atoms with E-state index in [1.807, 2.05) is 0 Å². The lowest BCUT2D eigenvalue weighted by atomic mass is 10.0. The first-order valence-corrected chi connectivity index (χ1v) is 7.02. The van der Waals surface area contributed by atoms with E-state index in [1.54, 1.807) is 6.08 Å². The number of rotatable bonds is 11. The highest BCUT2D eigenvalue weighted by atomic mass is 16.3. The molecule has 0 heterocycles. The van der Waals surface area contributed by atoms with Gasteiger partial charge in [-0.05, 0) is 25.8 Å². The van der Waals surface area contributed by atoms with Gasteiger partial charge in [-0.2, -0.15) is 0 Å². The molecule has 1 N–H and O–H groups in total. The minimum Gasteiger partial charge on any atom is -0.393 e. The lowest BCUT2D eigenvalue weighted by Crippen LogP contribution is -2.04. The molecule has 0 saturated carbocycles. The molecule has 0 radical (unpaired) electrons. The summed E-state index contributed by atoms with van der Waals surface area (Å²) in [7, 11) is 0. The first-order chi connectivity index (χ1) is 8.16. The van der Waals surface area contributed by atoms with Crippen LogP contribution in [0.2, 0.25) is 0 Å². The van der Waals surface area contributed by atoms with Crippen molar-refractivity contribution in [2.24, 2.45) is 0 Å². The summed E-state index contributed by atoms with van der Waals surface area (Å²) in [6, 6.07) is 0. The van der Waals surface area contributed by atoms with Gasteiger partial charge in [-0.15, -0.1) is 0 Å². The molecule has 1 unspecified atom stereocenters. The van der Waals surface area contributed by atoms with Crippen LogP contribution in [0.5, 0.6) is 0 Å². The van der Waals surface area contributed by atoms with Gasteiger partial charge in [0.2, 0.25) is 0 Å². The largest absolute Gasteiger partial charge is 0.393 e. The van der Waals surface area contributed by atoms with Gasteiger partial charge in [0.25, 0.3) is 0 Å². The standard InChI is InChI=1S/C15H28O2/c1-3-4-5-6-7-8-9-12-15(17)13-10-11-14(2)16/h10-11,15,17H,3-9,12-13H2,1-2H3. The van der Waals surface area contributed by atoms with Crippen molar-refractivity contribution in [2.75, 3.05) is 0 Å². The van der Waals surface area contributed by atoms with Crippen LogP contribution in [0.15, 0.2) is 12.2 Å². The number of carbonyl (C=O) groups excluding carboxylic acids is 1. The van der Waals surface area contributed by atoms with Gasteiger partial charge in [-0.1, -0.05) is 57.9 Å². The number of carbonyl (C=O) groups is 1. The van der Waals surface area contributed by atoms with E-state index in [9.17, 15) is 9.90 Å². The molecule has 0 aliphatic rings. The molecule has 100 valence electrons. The highest BCUT2D eigenvalue weighted by Gasteiger charge is 2.01. The zero-order valence-corrected chi connectivity index (χ0v) is 11.5. The van der Waals surface area contributed by atoms with Crippen LogP contribution >= 0.6 is 0 Å². The molecule has 0 bridgehead atoms. The monoisotopic (exact) mass is 240 g/mol. The van der Waals surface area contributed by atoms with Gasteiger partial charge in [0.15, 0.2) is 5.78 Å². The van der Waals surface area contributed by atoms with Gasteiger partial charge in [-0.3, -0.25) is 4.79 Å². The van der Waals surface area contributed by atoms with E-state index in [0.717, 1.165) is 12.8 Å². The van der Waals surface area contributed by atoms with E-state index in [2.05, 4.69) is 6.92 Å². The number of hydrogen-bond donors (Lipinski definition) is 1. The fourth-order valence-corrected chi connectivity index (χ4v) is 1.85. The van der Waals surface area contributed by atoms with Crippen LogP contribution in [0.4, 0.5) is 0 Å². The van der Waals surface area contributed by atoms with Crippen LogP contribution in [-0.4, -0.2) is 17.0 Å². The Labute approximate surface area is 106 Å². The topological polar surface area (TPSA) is 37.3 Å². The third-order valence-electron chi connectivity index (χ3n) is 2.90. The second kappa shape index (κ2) is 11.8. The molecular formula is C15H28O2. The highest BCUT2D eigenvalue weighted by Crippen LogP contribution is 2.11. The van der Waals surface area contributed by atoms with Gasteiger partial charge in [0.05, 0.1) is 6.10 Å². The third kappa shape index (κ3) is 13.3. The molecule has 0 aliphatic heterocycles. The van der Waals surface area contributed by atoms with Crippen LogP contribution in [0.1, 0.15) is 71.6 Å². The minimum absolute atomic E-state index is 0.0492. The Morgan fingerprint density at radius 3 is 2.29 bits per heavy atom. The maximum atomic E-state index is 10.6.